The fraction of sp³-hybridized carbons (Fsp3) is 0.600. The van der Waals surface area contributed by atoms with Crippen LogP contribution in [-0.2, 0) is 0 Å². The molecule has 1 atom stereocenters. The lowest BCUT2D eigenvalue weighted by Gasteiger charge is -2.43. The molecular formula is C15H22I2N2O2. The van der Waals surface area contributed by atoms with Gasteiger partial charge in [-0.25, -0.2) is 0 Å². The van der Waals surface area contributed by atoms with Gasteiger partial charge < -0.3 is 15.5 Å². The smallest absolute Gasteiger partial charge is 0.133 e. The van der Waals surface area contributed by atoms with E-state index >= 15 is 0 Å². The van der Waals surface area contributed by atoms with Crippen LogP contribution in [0.4, 0.5) is 0 Å². The van der Waals surface area contributed by atoms with Crippen molar-refractivity contribution in [1.82, 2.24) is 10.2 Å². The molecule has 1 aromatic rings. The Kier molecular flexibility index (Phi) is 6.15. The number of phenols is 1. The quantitative estimate of drug-likeness (QED) is 0.539. The van der Waals surface area contributed by atoms with Crippen molar-refractivity contribution in [2.75, 3.05) is 32.8 Å². The zero-order valence-electron chi connectivity index (χ0n) is 12.4. The van der Waals surface area contributed by atoms with E-state index in [0.29, 0.717) is 5.75 Å². The van der Waals surface area contributed by atoms with Crippen LogP contribution in [-0.4, -0.2) is 47.9 Å². The molecule has 1 saturated heterocycles. The van der Waals surface area contributed by atoms with Gasteiger partial charge in [0.1, 0.15) is 5.75 Å². The molecule has 3 N–H and O–H groups in total. The molecule has 6 heteroatoms. The number of nitrogens with one attached hydrogen (secondary N) is 1. The standard InChI is InChI=1S/C15H22I2N2O2/c1-15(2,9-20)14(19-5-3-18-4-6-19)11-7-10(16)8-12(17)13(11)21/h7-8,14,18,20-21H,3-6,9H2,1-2H3/t14-/m0/s1. The Morgan fingerprint density at radius 1 is 1.29 bits per heavy atom. The van der Waals surface area contributed by atoms with Gasteiger partial charge >= 0.3 is 0 Å². The van der Waals surface area contributed by atoms with Gasteiger partial charge in [-0.2, -0.15) is 0 Å². The Hall–Kier alpha value is 0.360. The third-order valence-corrected chi connectivity index (χ3v) is 5.46. The number of aromatic hydroxyl groups is 1. The first kappa shape index (κ1) is 17.7. The molecule has 0 spiro atoms. The molecule has 0 unspecified atom stereocenters. The van der Waals surface area contributed by atoms with Crippen molar-refractivity contribution in [1.29, 1.82) is 0 Å². The predicted octanol–water partition coefficient (Wildman–Crippen LogP) is 2.57. The Morgan fingerprint density at radius 2 is 1.90 bits per heavy atom. The van der Waals surface area contributed by atoms with E-state index in [1.165, 1.54) is 0 Å². The molecule has 0 radical (unpaired) electrons. The second-order valence-corrected chi connectivity index (χ2v) is 8.57. The van der Waals surface area contributed by atoms with Crippen LogP contribution in [0.2, 0.25) is 0 Å². The van der Waals surface area contributed by atoms with E-state index in [0.717, 1.165) is 38.9 Å². The number of aliphatic hydroxyl groups is 1. The van der Waals surface area contributed by atoms with Gasteiger partial charge in [-0.3, -0.25) is 4.90 Å². The number of benzene rings is 1. The first-order valence-electron chi connectivity index (χ1n) is 7.10. The fourth-order valence-electron chi connectivity index (χ4n) is 2.93. The van der Waals surface area contributed by atoms with Gasteiger partial charge in [0.05, 0.1) is 3.57 Å². The van der Waals surface area contributed by atoms with Crippen molar-refractivity contribution in [3.8, 4) is 5.75 Å². The topological polar surface area (TPSA) is 55.7 Å². The Labute approximate surface area is 153 Å². The molecule has 1 heterocycles. The van der Waals surface area contributed by atoms with Crippen LogP contribution in [0.5, 0.6) is 5.75 Å². The maximum absolute atomic E-state index is 10.5. The van der Waals surface area contributed by atoms with Crippen LogP contribution >= 0.6 is 45.2 Å². The van der Waals surface area contributed by atoms with E-state index in [1.54, 1.807) is 0 Å². The summed E-state index contributed by atoms with van der Waals surface area (Å²) in [5.74, 6) is 0.348. The number of aliphatic hydroxyl groups excluding tert-OH is 1. The highest BCUT2D eigenvalue weighted by Crippen LogP contribution is 2.43. The summed E-state index contributed by atoms with van der Waals surface area (Å²) in [5.41, 5.74) is 0.606. The second kappa shape index (κ2) is 7.29. The summed E-state index contributed by atoms with van der Waals surface area (Å²) in [7, 11) is 0. The van der Waals surface area contributed by atoms with E-state index in [4.69, 9.17) is 0 Å². The highest BCUT2D eigenvalue weighted by atomic mass is 127. The molecule has 0 aromatic heterocycles. The third kappa shape index (κ3) is 4.01. The summed E-state index contributed by atoms with van der Waals surface area (Å²) < 4.78 is 1.97. The average molecular weight is 516 g/mol. The molecule has 0 saturated carbocycles. The zero-order chi connectivity index (χ0) is 15.6. The van der Waals surface area contributed by atoms with Crippen molar-refractivity contribution in [3.63, 3.8) is 0 Å². The van der Waals surface area contributed by atoms with Gasteiger partial charge in [-0.15, -0.1) is 0 Å². The summed E-state index contributed by atoms with van der Waals surface area (Å²) in [6, 6.07) is 4.02. The van der Waals surface area contributed by atoms with Gasteiger partial charge in [-0.05, 0) is 57.3 Å². The van der Waals surface area contributed by atoms with Crippen LogP contribution < -0.4 is 5.32 Å². The fourth-order valence-corrected chi connectivity index (χ4v) is 4.82. The van der Waals surface area contributed by atoms with Crippen LogP contribution in [0.1, 0.15) is 25.5 Å². The largest absolute Gasteiger partial charge is 0.506 e. The average Bonchev–Trinajstić information content (AvgIpc) is 2.45. The Morgan fingerprint density at radius 3 is 2.48 bits per heavy atom. The van der Waals surface area contributed by atoms with Crippen LogP contribution in [0.15, 0.2) is 12.1 Å². The second-order valence-electron chi connectivity index (χ2n) is 6.16. The number of hydrogen-bond donors (Lipinski definition) is 3. The highest BCUT2D eigenvalue weighted by molar-refractivity contribution is 14.1. The normalized spacial score (nSPS) is 18.7. The van der Waals surface area contributed by atoms with Crippen LogP contribution in [0.25, 0.3) is 0 Å². The molecule has 2 rings (SSSR count). The maximum atomic E-state index is 10.5. The van der Waals surface area contributed by atoms with Gasteiger partial charge in [0.15, 0.2) is 0 Å². The number of phenolic OH excluding ortho intramolecular Hbond substituents is 1. The van der Waals surface area contributed by atoms with Crippen molar-refractivity contribution >= 4 is 45.2 Å². The van der Waals surface area contributed by atoms with Crippen molar-refractivity contribution in [2.45, 2.75) is 19.9 Å². The lowest BCUT2D eigenvalue weighted by molar-refractivity contribution is 0.0292. The van der Waals surface area contributed by atoms with Crippen molar-refractivity contribution in [3.05, 3.63) is 24.8 Å². The number of nitrogens with zero attached hydrogens (tertiary/aromatic N) is 1. The Bertz CT molecular complexity index is 503. The first-order valence-corrected chi connectivity index (χ1v) is 9.26. The molecular weight excluding hydrogens is 494 g/mol. The number of piperazine rings is 1. The van der Waals surface area contributed by atoms with E-state index in [-0.39, 0.29) is 18.1 Å². The Balaban J connectivity index is 2.49. The molecule has 21 heavy (non-hydrogen) atoms. The number of rotatable bonds is 4. The van der Waals surface area contributed by atoms with Crippen LogP contribution in [0.3, 0.4) is 0 Å². The van der Waals surface area contributed by atoms with E-state index in [1.807, 2.05) is 12.1 Å². The summed E-state index contributed by atoms with van der Waals surface area (Å²) in [6.07, 6.45) is 0. The summed E-state index contributed by atoms with van der Waals surface area (Å²) in [4.78, 5) is 2.37. The summed E-state index contributed by atoms with van der Waals surface area (Å²) >= 11 is 4.45. The molecule has 0 aliphatic carbocycles. The van der Waals surface area contributed by atoms with E-state index in [9.17, 15) is 10.2 Å². The lowest BCUT2D eigenvalue weighted by Crippen LogP contribution is -2.49. The SMILES string of the molecule is CC(C)(CO)[C@H](c1cc(I)cc(I)c1O)N1CCNCC1. The number of halogens is 2. The van der Waals surface area contributed by atoms with Gasteiger partial charge in [0.25, 0.3) is 0 Å². The minimum atomic E-state index is -0.317. The minimum absolute atomic E-state index is 0.00725. The minimum Gasteiger partial charge on any atom is -0.506 e. The van der Waals surface area contributed by atoms with Crippen molar-refractivity contribution in [2.24, 2.45) is 5.41 Å². The zero-order valence-corrected chi connectivity index (χ0v) is 16.7. The third-order valence-electron chi connectivity index (χ3n) is 4.02. The summed E-state index contributed by atoms with van der Waals surface area (Å²) in [5, 5.41) is 23.8. The number of hydrogen-bond acceptors (Lipinski definition) is 4. The molecule has 1 fully saturated rings. The molecule has 1 aromatic carbocycles. The monoisotopic (exact) mass is 516 g/mol. The molecule has 0 bridgehead atoms. The first-order chi connectivity index (χ1) is 9.86. The maximum Gasteiger partial charge on any atom is 0.133 e. The predicted molar refractivity (Wildman–Crippen MR) is 102 cm³/mol. The lowest BCUT2D eigenvalue weighted by atomic mass is 9.79. The molecule has 1 aliphatic rings. The highest BCUT2D eigenvalue weighted by Gasteiger charge is 2.37. The van der Waals surface area contributed by atoms with Gasteiger partial charge in [0, 0.05) is 53.4 Å². The van der Waals surface area contributed by atoms with Gasteiger partial charge in [0.2, 0.25) is 0 Å². The van der Waals surface area contributed by atoms with Crippen LogP contribution in [0, 0.1) is 12.6 Å². The molecule has 118 valence electrons. The summed E-state index contributed by atoms with van der Waals surface area (Å²) in [6.45, 7) is 7.95. The molecule has 0 amide bonds. The van der Waals surface area contributed by atoms with Gasteiger partial charge in [-0.1, -0.05) is 13.8 Å². The van der Waals surface area contributed by atoms with Crippen molar-refractivity contribution < 1.29 is 10.2 Å². The molecule has 4 nitrogen and oxygen atoms in total. The van der Waals surface area contributed by atoms with E-state index < -0.39 is 0 Å². The van der Waals surface area contributed by atoms with E-state index in [2.05, 4.69) is 69.2 Å². The molecule has 1 aliphatic heterocycles.